The Morgan fingerprint density at radius 1 is 1.27 bits per heavy atom. The molecular formula is C16H17N3O3. The van der Waals surface area contributed by atoms with Gasteiger partial charge in [0.25, 0.3) is 11.8 Å². The van der Waals surface area contributed by atoms with Crippen molar-refractivity contribution < 1.29 is 14.8 Å². The maximum atomic E-state index is 12.3. The number of hydrogen-bond donors (Lipinski definition) is 3. The number of anilines is 1. The first kappa shape index (κ1) is 15.5. The van der Waals surface area contributed by atoms with E-state index in [9.17, 15) is 9.59 Å². The molecule has 0 aliphatic rings. The third-order valence-electron chi connectivity index (χ3n) is 3.11. The summed E-state index contributed by atoms with van der Waals surface area (Å²) in [6.45, 7) is 1.92. The number of nitrogens with one attached hydrogen (secondary N) is 2. The first-order chi connectivity index (χ1) is 10.5. The van der Waals surface area contributed by atoms with Crippen LogP contribution in [0.15, 0.2) is 42.6 Å². The summed E-state index contributed by atoms with van der Waals surface area (Å²) < 4.78 is 1.75. The first-order valence-corrected chi connectivity index (χ1v) is 6.66. The van der Waals surface area contributed by atoms with Crippen LogP contribution in [0.3, 0.4) is 0 Å². The van der Waals surface area contributed by atoms with E-state index < -0.39 is 5.91 Å². The number of carbonyl (C=O) groups is 2. The van der Waals surface area contributed by atoms with E-state index in [-0.39, 0.29) is 5.91 Å². The quantitative estimate of drug-likeness (QED) is 0.459. The molecule has 6 heteroatoms. The third-order valence-corrected chi connectivity index (χ3v) is 3.11. The SMILES string of the molecule is Cc1cc(C(=O)Nc2ccccc2/C=C/C(=O)NO)n(C)c1. The molecule has 2 aromatic rings. The van der Waals surface area contributed by atoms with Gasteiger partial charge < -0.3 is 9.88 Å². The summed E-state index contributed by atoms with van der Waals surface area (Å²) in [5.41, 5.74) is 4.30. The van der Waals surface area contributed by atoms with Crippen molar-refractivity contribution in [1.82, 2.24) is 10.0 Å². The summed E-state index contributed by atoms with van der Waals surface area (Å²) in [7, 11) is 1.80. The number of hydroxylamine groups is 1. The highest BCUT2D eigenvalue weighted by atomic mass is 16.5. The molecule has 114 valence electrons. The van der Waals surface area contributed by atoms with Crippen molar-refractivity contribution in [3.63, 3.8) is 0 Å². The molecule has 0 saturated carbocycles. The van der Waals surface area contributed by atoms with Crippen molar-refractivity contribution in [2.45, 2.75) is 6.92 Å². The van der Waals surface area contributed by atoms with Crippen LogP contribution >= 0.6 is 0 Å². The number of hydrogen-bond acceptors (Lipinski definition) is 3. The number of rotatable bonds is 4. The topological polar surface area (TPSA) is 83.4 Å². The minimum Gasteiger partial charge on any atom is -0.346 e. The maximum absolute atomic E-state index is 12.3. The van der Waals surface area contributed by atoms with Crippen molar-refractivity contribution in [2.24, 2.45) is 7.05 Å². The Kier molecular flexibility index (Phi) is 4.75. The van der Waals surface area contributed by atoms with E-state index in [0.717, 1.165) is 5.56 Å². The fourth-order valence-corrected chi connectivity index (χ4v) is 2.10. The van der Waals surface area contributed by atoms with Gasteiger partial charge in [0.05, 0.1) is 0 Å². The van der Waals surface area contributed by atoms with Crippen molar-refractivity contribution in [2.75, 3.05) is 5.32 Å². The maximum Gasteiger partial charge on any atom is 0.272 e. The molecule has 0 aliphatic heterocycles. The lowest BCUT2D eigenvalue weighted by atomic mass is 10.1. The van der Waals surface area contributed by atoms with Gasteiger partial charge in [0.15, 0.2) is 0 Å². The molecule has 1 aromatic heterocycles. The van der Waals surface area contributed by atoms with Gasteiger partial charge in [0, 0.05) is 25.0 Å². The first-order valence-electron chi connectivity index (χ1n) is 6.66. The minimum atomic E-state index is -0.640. The Labute approximate surface area is 128 Å². The second kappa shape index (κ2) is 6.73. The Balaban J connectivity index is 2.23. The van der Waals surface area contributed by atoms with Crippen molar-refractivity contribution in [3.05, 3.63) is 59.4 Å². The molecule has 6 nitrogen and oxygen atoms in total. The van der Waals surface area contributed by atoms with E-state index in [0.29, 0.717) is 16.9 Å². The van der Waals surface area contributed by atoms with E-state index in [1.54, 1.807) is 41.9 Å². The predicted molar refractivity (Wildman–Crippen MR) is 83.5 cm³/mol. The lowest BCUT2D eigenvalue weighted by molar-refractivity contribution is -0.124. The summed E-state index contributed by atoms with van der Waals surface area (Å²) in [6.07, 6.45) is 4.56. The van der Waals surface area contributed by atoms with Gasteiger partial charge in [-0.3, -0.25) is 14.8 Å². The number of amides is 2. The van der Waals surface area contributed by atoms with Gasteiger partial charge in [-0.05, 0) is 36.3 Å². The van der Waals surface area contributed by atoms with Crippen LogP contribution < -0.4 is 10.8 Å². The highest BCUT2D eigenvalue weighted by Gasteiger charge is 2.12. The normalized spacial score (nSPS) is 10.7. The van der Waals surface area contributed by atoms with Crippen LogP contribution in [0.4, 0.5) is 5.69 Å². The van der Waals surface area contributed by atoms with E-state index in [4.69, 9.17) is 5.21 Å². The molecule has 0 atom stereocenters. The second-order valence-corrected chi connectivity index (χ2v) is 4.86. The molecule has 1 heterocycles. The number of aryl methyl sites for hydroxylation is 2. The molecule has 0 spiro atoms. The largest absolute Gasteiger partial charge is 0.346 e. The Morgan fingerprint density at radius 2 is 2.00 bits per heavy atom. The zero-order valence-corrected chi connectivity index (χ0v) is 12.3. The zero-order chi connectivity index (χ0) is 16.1. The highest BCUT2D eigenvalue weighted by Crippen LogP contribution is 2.18. The number of para-hydroxylation sites is 1. The van der Waals surface area contributed by atoms with Crippen molar-refractivity contribution in [3.8, 4) is 0 Å². The Hall–Kier alpha value is -2.86. The Bertz CT molecular complexity index is 732. The molecule has 0 fully saturated rings. The molecule has 0 saturated heterocycles. The molecule has 0 bridgehead atoms. The van der Waals surface area contributed by atoms with Crippen LogP contribution in [0.5, 0.6) is 0 Å². The van der Waals surface area contributed by atoms with Gasteiger partial charge in [0.2, 0.25) is 0 Å². The van der Waals surface area contributed by atoms with Gasteiger partial charge in [0.1, 0.15) is 5.69 Å². The van der Waals surface area contributed by atoms with Crippen LogP contribution in [-0.4, -0.2) is 21.6 Å². The number of carbonyl (C=O) groups excluding carboxylic acids is 2. The molecule has 0 unspecified atom stereocenters. The van der Waals surface area contributed by atoms with Crippen LogP contribution in [0.25, 0.3) is 6.08 Å². The van der Waals surface area contributed by atoms with Crippen LogP contribution in [-0.2, 0) is 11.8 Å². The fraction of sp³-hybridized carbons (Fsp3) is 0.125. The van der Waals surface area contributed by atoms with Gasteiger partial charge in [-0.15, -0.1) is 0 Å². The van der Waals surface area contributed by atoms with E-state index >= 15 is 0 Å². The monoisotopic (exact) mass is 299 g/mol. The van der Waals surface area contributed by atoms with Gasteiger partial charge in [-0.25, -0.2) is 5.48 Å². The van der Waals surface area contributed by atoms with Crippen molar-refractivity contribution in [1.29, 1.82) is 0 Å². The van der Waals surface area contributed by atoms with E-state index in [2.05, 4.69) is 5.32 Å². The molecule has 3 N–H and O–H groups in total. The van der Waals surface area contributed by atoms with Gasteiger partial charge in [-0.1, -0.05) is 18.2 Å². The van der Waals surface area contributed by atoms with Crippen LogP contribution in [0.1, 0.15) is 21.6 Å². The van der Waals surface area contributed by atoms with E-state index in [1.807, 2.05) is 13.1 Å². The average molecular weight is 299 g/mol. The fourth-order valence-electron chi connectivity index (χ4n) is 2.10. The smallest absolute Gasteiger partial charge is 0.272 e. The number of nitrogens with zero attached hydrogens (tertiary/aromatic N) is 1. The molecule has 0 radical (unpaired) electrons. The number of benzene rings is 1. The van der Waals surface area contributed by atoms with Crippen molar-refractivity contribution >= 4 is 23.6 Å². The highest BCUT2D eigenvalue weighted by molar-refractivity contribution is 6.04. The molecule has 2 rings (SSSR count). The lowest BCUT2D eigenvalue weighted by Crippen LogP contribution is -2.16. The summed E-state index contributed by atoms with van der Waals surface area (Å²) in [5.74, 6) is -0.873. The summed E-state index contributed by atoms with van der Waals surface area (Å²) in [6, 6.07) is 8.87. The molecule has 22 heavy (non-hydrogen) atoms. The Morgan fingerprint density at radius 3 is 2.64 bits per heavy atom. The third kappa shape index (κ3) is 3.62. The van der Waals surface area contributed by atoms with E-state index in [1.165, 1.54) is 17.6 Å². The van der Waals surface area contributed by atoms with Crippen LogP contribution in [0.2, 0.25) is 0 Å². The van der Waals surface area contributed by atoms with Gasteiger partial charge in [-0.2, -0.15) is 0 Å². The minimum absolute atomic E-state index is 0.233. The second-order valence-electron chi connectivity index (χ2n) is 4.86. The van der Waals surface area contributed by atoms with Crippen LogP contribution in [0, 0.1) is 6.92 Å². The summed E-state index contributed by atoms with van der Waals surface area (Å²) in [5, 5.41) is 11.3. The zero-order valence-electron chi connectivity index (χ0n) is 12.3. The summed E-state index contributed by atoms with van der Waals surface area (Å²) in [4.78, 5) is 23.4. The summed E-state index contributed by atoms with van der Waals surface area (Å²) >= 11 is 0. The predicted octanol–water partition coefficient (Wildman–Crippen LogP) is 2.10. The lowest BCUT2D eigenvalue weighted by Gasteiger charge is -2.09. The standard InChI is InChI=1S/C16H17N3O3/c1-11-9-14(19(2)10-11)16(21)17-13-6-4-3-5-12(13)7-8-15(20)18-22/h3-10,22H,1-2H3,(H,17,21)(H,18,20)/b8-7+. The van der Waals surface area contributed by atoms with Gasteiger partial charge >= 0.3 is 0 Å². The number of aromatic nitrogens is 1. The molecular weight excluding hydrogens is 282 g/mol. The molecule has 1 aromatic carbocycles. The molecule has 2 amide bonds. The average Bonchev–Trinajstić information content (AvgIpc) is 2.84. The molecule has 0 aliphatic carbocycles.